The summed E-state index contributed by atoms with van der Waals surface area (Å²) in [6, 6.07) is 11.9. The van der Waals surface area contributed by atoms with E-state index in [9.17, 15) is 8.78 Å². The first kappa shape index (κ1) is 18.2. The number of fused-ring (bicyclic) bond motifs is 1. The molecule has 2 aromatic carbocycles. The van der Waals surface area contributed by atoms with Crippen LogP contribution in [0.25, 0.3) is 22.5 Å². The fourth-order valence-corrected chi connectivity index (χ4v) is 3.14. The van der Waals surface area contributed by atoms with Crippen LogP contribution in [-0.2, 0) is 5.75 Å². The first-order chi connectivity index (χ1) is 13.6. The van der Waals surface area contributed by atoms with E-state index in [0.29, 0.717) is 33.8 Å². The molecule has 0 saturated heterocycles. The number of hydrogen-bond acceptors (Lipinski definition) is 8. The third-order valence-corrected chi connectivity index (χ3v) is 4.51. The van der Waals surface area contributed by atoms with Gasteiger partial charge in [0.05, 0.1) is 12.9 Å². The zero-order valence-corrected chi connectivity index (χ0v) is 15.3. The molecule has 4 aromatic rings. The quantitative estimate of drug-likeness (QED) is 0.406. The number of para-hydroxylation sites is 2. The molecule has 0 saturated carbocycles. The van der Waals surface area contributed by atoms with E-state index in [1.807, 2.05) is 24.3 Å². The number of nitrogens with zero attached hydrogens (tertiary/aromatic N) is 3. The summed E-state index contributed by atoms with van der Waals surface area (Å²) in [5.74, 6) is 1.11. The van der Waals surface area contributed by atoms with E-state index in [4.69, 9.17) is 13.7 Å². The second kappa shape index (κ2) is 7.85. The first-order valence-corrected chi connectivity index (χ1v) is 9.05. The molecule has 144 valence electrons. The molecule has 2 heterocycles. The summed E-state index contributed by atoms with van der Waals surface area (Å²) in [6.45, 7) is -2.94. The molecule has 0 fully saturated rings. The summed E-state index contributed by atoms with van der Waals surface area (Å²) in [4.78, 5) is 8.67. The average Bonchev–Trinajstić information content (AvgIpc) is 3.32. The zero-order chi connectivity index (χ0) is 19.5. The standard InChI is InChI=1S/C18H13F2N3O4S/c1-24-14-8-10(6-7-13(14)25-17(19)20)16-22-15(27-23-16)9-28-18-21-11-4-2-3-5-12(11)26-18/h2-8,17H,9H2,1H3. The zero-order valence-electron chi connectivity index (χ0n) is 14.5. The molecule has 0 amide bonds. The van der Waals surface area contributed by atoms with Gasteiger partial charge in [0.15, 0.2) is 17.1 Å². The molecule has 0 aliphatic heterocycles. The summed E-state index contributed by atoms with van der Waals surface area (Å²) in [5, 5.41) is 4.41. The van der Waals surface area contributed by atoms with Crippen molar-refractivity contribution in [3.05, 3.63) is 48.4 Å². The summed E-state index contributed by atoms with van der Waals surface area (Å²) in [7, 11) is 1.36. The summed E-state index contributed by atoms with van der Waals surface area (Å²) in [5.41, 5.74) is 2.02. The van der Waals surface area contributed by atoms with E-state index in [1.54, 1.807) is 6.07 Å². The van der Waals surface area contributed by atoms with Crippen LogP contribution in [-0.4, -0.2) is 28.8 Å². The van der Waals surface area contributed by atoms with Crippen molar-refractivity contribution in [1.82, 2.24) is 15.1 Å². The number of hydrogen-bond donors (Lipinski definition) is 0. The van der Waals surface area contributed by atoms with Gasteiger partial charge in [0.1, 0.15) is 5.52 Å². The van der Waals surface area contributed by atoms with Crippen LogP contribution in [0, 0.1) is 0 Å². The molecular formula is C18H13F2N3O4S. The van der Waals surface area contributed by atoms with Gasteiger partial charge in [0.25, 0.3) is 5.22 Å². The van der Waals surface area contributed by atoms with Crippen molar-refractivity contribution < 1.29 is 27.2 Å². The van der Waals surface area contributed by atoms with E-state index in [-0.39, 0.29) is 11.5 Å². The van der Waals surface area contributed by atoms with Gasteiger partial charge in [-0.25, -0.2) is 4.98 Å². The smallest absolute Gasteiger partial charge is 0.387 e. The highest BCUT2D eigenvalue weighted by molar-refractivity contribution is 7.98. The lowest BCUT2D eigenvalue weighted by molar-refractivity contribution is -0.0512. The van der Waals surface area contributed by atoms with E-state index < -0.39 is 6.61 Å². The third-order valence-electron chi connectivity index (χ3n) is 3.70. The topological polar surface area (TPSA) is 83.4 Å². The predicted octanol–water partition coefficient (Wildman–Crippen LogP) is 4.78. The molecule has 0 spiro atoms. The maximum absolute atomic E-state index is 12.4. The van der Waals surface area contributed by atoms with E-state index in [2.05, 4.69) is 19.9 Å². The van der Waals surface area contributed by atoms with Crippen LogP contribution in [0.15, 0.2) is 56.6 Å². The Labute approximate surface area is 161 Å². The molecule has 0 atom stereocenters. The number of aromatic nitrogens is 3. The van der Waals surface area contributed by atoms with Gasteiger partial charge in [-0.15, -0.1) is 0 Å². The number of methoxy groups -OCH3 is 1. The highest BCUT2D eigenvalue weighted by Gasteiger charge is 2.15. The van der Waals surface area contributed by atoms with Crippen molar-refractivity contribution in [1.29, 1.82) is 0 Å². The Balaban J connectivity index is 1.47. The number of rotatable bonds is 7. The molecule has 2 aromatic heterocycles. The van der Waals surface area contributed by atoms with Gasteiger partial charge in [0.2, 0.25) is 11.7 Å². The average molecular weight is 405 g/mol. The predicted molar refractivity (Wildman–Crippen MR) is 96.5 cm³/mol. The van der Waals surface area contributed by atoms with E-state index in [1.165, 1.54) is 31.0 Å². The summed E-state index contributed by atoms with van der Waals surface area (Å²) < 4.78 is 45.2. The van der Waals surface area contributed by atoms with Crippen molar-refractivity contribution in [3.8, 4) is 22.9 Å². The molecule has 0 radical (unpaired) electrons. The maximum atomic E-state index is 12.4. The molecule has 0 aliphatic rings. The lowest BCUT2D eigenvalue weighted by Crippen LogP contribution is -2.03. The minimum absolute atomic E-state index is 0.0727. The SMILES string of the molecule is COc1cc(-c2noc(CSc3nc4ccccc4o3)n2)ccc1OC(F)F. The summed E-state index contributed by atoms with van der Waals surface area (Å²) >= 11 is 1.32. The third kappa shape index (κ3) is 3.91. The van der Waals surface area contributed by atoms with Crippen LogP contribution in [0.5, 0.6) is 11.5 Å². The van der Waals surface area contributed by atoms with Crippen LogP contribution < -0.4 is 9.47 Å². The van der Waals surface area contributed by atoms with E-state index in [0.717, 1.165) is 5.52 Å². The Kier molecular flexibility index (Phi) is 5.11. The van der Waals surface area contributed by atoms with Gasteiger partial charge in [0, 0.05) is 5.56 Å². The van der Waals surface area contributed by atoms with Gasteiger partial charge < -0.3 is 18.4 Å². The molecule has 0 bridgehead atoms. The monoisotopic (exact) mass is 405 g/mol. The number of benzene rings is 2. The van der Waals surface area contributed by atoms with Crippen LogP contribution in [0.3, 0.4) is 0 Å². The van der Waals surface area contributed by atoms with E-state index >= 15 is 0 Å². The molecule has 10 heteroatoms. The normalized spacial score (nSPS) is 11.3. The second-order valence-corrected chi connectivity index (χ2v) is 6.42. The lowest BCUT2D eigenvalue weighted by atomic mass is 10.2. The number of halogens is 2. The van der Waals surface area contributed by atoms with Crippen molar-refractivity contribution in [3.63, 3.8) is 0 Å². The molecule has 4 rings (SSSR count). The molecule has 0 N–H and O–H groups in total. The van der Waals surface area contributed by atoms with Gasteiger partial charge in [-0.3, -0.25) is 0 Å². The van der Waals surface area contributed by atoms with Gasteiger partial charge in [-0.05, 0) is 30.3 Å². The van der Waals surface area contributed by atoms with Crippen molar-refractivity contribution >= 4 is 22.9 Å². The molecule has 0 aliphatic carbocycles. The van der Waals surface area contributed by atoms with Crippen LogP contribution in [0.2, 0.25) is 0 Å². The Bertz CT molecular complexity index is 1070. The Hall–Kier alpha value is -3.14. The van der Waals surface area contributed by atoms with Crippen molar-refractivity contribution in [2.45, 2.75) is 17.6 Å². The van der Waals surface area contributed by atoms with Gasteiger partial charge >= 0.3 is 6.61 Å². The summed E-state index contributed by atoms with van der Waals surface area (Å²) in [6.07, 6.45) is 0. The number of oxazole rings is 1. The first-order valence-electron chi connectivity index (χ1n) is 8.06. The molecule has 0 unspecified atom stereocenters. The number of ether oxygens (including phenoxy) is 2. The minimum atomic E-state index is -2.94. The minimum Gasteiger partial charge on any atom is -0.493 e. The Morgan fingerprint density at radius 2 is 1.96 bits per heavy atom. The fourth-order valence-electron chi connectivity index (χ4n) is 2.47. The van der Waals surface area contributed by atoms with Crippen molar-refractivity contribution in [2.75, 3.05) is 7.11 Å². The maximum Gasteiger partial charge on any atom is 0.387 e. The van der Waals surface area contributed by atoms with Crippen LogP contribution in [0.4, 0.5) is 8.78 Å². The fraction of sp³-hybridized carbons (Fsp3) is 0.167. The largest absolute Gasteiger partial charge is 0.493 e. The lowest BCUT2D eigenvalue weighted by Gasteiger charge is -2.10. The molecular weight excluding hydrogens is 392 g/mol. The highest BCUT2D eigenvalue weighted by Crippen LogP contribution is 2.33. The van der Waals surface area contributed by atoms with Crippen LogP contribution in [0.1, 0.15) is 5.89 Å². The van der Waals surface area contributed by atoms with Crippen LogP contribution >= 0.6 is 11.8 Å². The Morgan fingerprint density at radius 1 is 1.11 bits per heavy atom. The number of alkyl halides is 2. The Morgan fingerprint density at radius 3 is 2.75 bits per heavy atom. The van der Waals surface area contributed by atoms with Gasteiger partial charge in [-0.1, -0.05) is 29.1 Å². The molecule has 28 heavy (non-hydrogen) atoms. The second-order valence-electron chi connectivity index (χ2n) is 5.49. The highest BCUT2D eigenvalue weighted by atomic mass is 32.2. The number of thioether (sulfide) groups is 1. The molecule has 7 nitrogen and oxygen atoms in total. The van der Waals surface area contributed by atoms with Gasteiger partial charge in [-0.2, -0.15) is 13.8 Å². The van der Waals surface area contributed by atoms with Crippen molar-refractivity contribution in [2.24, 2.45) is 0 Å².